The van der Waals surface area contributed by atoms with E-state index in [0.29, 0.717) is 5.75 Å². The molecule has 0 unspecified atom stereocenters. The lowest BCUT2D eigenvalue weighted by Gasteiger charge is -2.17. The number of halogens is 1. The van der Waals surface area contributed by atoms with Crippen LogP contribution in [0.15, 0.2) is 42.5 Å². The van der Waals surface area contributed by atoms with Crippen LogP contribution in [0.25, 0.3) is 0 Å². The maximum Gasteiger partial charge on any atom is 0.262 e. The van der Waals surface area contributed by atoms with E-state index in [2.05, 4.69) is 23.2 Å². The first-order valence-corrected chi connectivity index (χ1v) is 7.72. The fraction of sp³-hybridized carbons (Fsp3) is 0.278. The predicted molar refractivity (Wildman–Crippen MR) is 88.6 cm³/mol. The number of amides is 1. The molecule has 0 saturated carbocycles. The first kappa shape index (κ1) is 15.3. The summed E-state index contributed by atoms with van der Waals surface area (Å²) in [5.74, 6) is -0.108. The van der Waals surface area contributed by atoms with Gasteiger partial charge in [-0.05, 0) is 55.3 Å². The molecule has 120 valence electrons. The van der Waals surface area contributed by atoms with Gasteiger partial charge in [0.1, 0.15) is 11.6 Å². The Morgan fingerprint density at radius 3 is 2.78 bits per heavy atom. The third-order valence-corrected chi connectivity index (χ3v) is 3.93. The number of nitrogens with one attached hydrogen (secondary N) is 1. The second-order valence-corrected chi connectivity index (χ2v) is 5.46. The molecule has 0 bridgehead atoms. The Kier molecular flexibility index (Phi) is 4.46. The van der Waals surface area contributed by atoms with Crippen molar-refractivity contribution in [1.82, 2.24) is 0 Å². The third-order valence-electron chi connectivity index (χ3n) is 3.93. The van der Waals surface area contributed by atoms with E-state index < -0.39 is 0 Å². The topological polar surface area (TPSA) is 41.6 Å². The Labute approximate surface area is 134 Å². The van der Waals surface area contributed by atoms with Crippen molar-refractivity contribution < 1.29 is 13.9 Å². The summed E-state index contributed by atoms with van der Waals surface area (Å²) in [5, 5.41) is 2.83. The standard InChI is InChI=1S/C18H19FN2O2/c1-2-21-10-9-13-3-6-15(11-17(13)21)20-18(22)12-23-16-7-4-14(19)5-8-16/h3-8,11H,2,9-10,12H2,1H3,(H,20,22). The van der Waals surface area contributed by atoms with Gasteiger partial charge in [0.2, 0.25) is 0 Å². The lowest BCUT2D eigenvalue weighted by Crippen LogP contribution is -2.21. The minimum atomic E-state index is -0.333. The second kappa shape index (κ2) is 6.69. The van der Waals surface area contributed by atoms with Gasteiger partial charge in [-0.25, -0.2) is 4.39 Å². The highest BCUT2D eigenvalue weighted by atomic mass is 19.1. The highest BCUT2D eigenvalue weighted by Gasteiger charge is 2.18. The molecule has 23 heavy (non-hydrogen) atoms. The molecule has 0 atom stereocenters. The van der Waals surface area contributed by atoms with E-state index >= 15 is 0 Å². The van der Waals surface area contributed by atoms with Crippen LogP contribution in [0.3, 0.4) is 0 Å². The Morgan fingerprint density at radius 1 is 1.26 bits per heavy atom. The van der Waals surface area contributed by atoms with Crippen molar-refractivity contribution >= 4 is 17.3 Å². The molecule has 0 aromatic heterocycles. The summed E-state index contributed by atoms with van der Waals surface area (Å²) in [6.07, 6.45) is 1.05. The normalized spacial score (nSPS) is 12.9. The van der Waals surface area contributed by atoms with Gasteiger partial charge in [0.15, 0.2) is 6.61 Å². The number of carbonyl (C=O) groups is 1. The Hall–Kier alpha value is -2.56. The molecule has 2 aromatic carbocycles. The first-order valence-electron chi connectivity index (χ1n) is 7.72. The number of hydrogen-bond donors (Lipinski definition) is 1. The fourth-order valence-electron chi connectivity index (χ4n) is 2.73. The van der Waals surface area contributed by atoms with Crippen molar-refractivity contribution in [3.8, 4) is 5.75 Å². The molecule has 1 aliphatic rings. The molecule has 2 aromatic rings. The number of nitrogens with zero attached hydrogens (tertiary/aromatic N) is 1. The van der Waals surface area contributed by atoms with Gasteiger partial charge in [0, 0.05) is 24.5 Å². The monoisotopic (exact) mass is 314 g/mol. The van der Waals surface area contributed by atoms with Crippen molar-refractivity contribution in [3.63, 3.8) is 0 Å². The number of anilines is 2. The lowest BCUT2D eigenvalue weighted by molar-refractivity contribution is -0.118. The molecule has 4 nitrogen and oxygen atoms in total. The van der Waals surface area contributed by atoms with Gasteiger partial charge in [-0.15, -0.1) is 0 Å². The van der Waals surface area contributed by atoms with E-state index in [1.807, 2.05) is 12.1 Å². The number of ether oxygens (including phenoxy) is 1. The zero-order valence-corrected chi connectivity index (χ0v) is 13.0. The predicted octanol–water partition coefficient (Wildman–Crippen LogP) is 3.23. The highest BCUT2D eigenvalue weighted by Crippen LogP contribution is 2.30. The molecule has 1 amide bonds. The number of fused-ring (bicyclic) bond motifs is 1. The van der Waals surface area contributed by atoms with E-state index in [-0.39, 0.29) is 18.3 Å². The average molecular weight is 314 g/mol. The maximum atomic E-state index is 12.8. The van der Waals surface area contributed by atoms with E-state index in [0.717, 1.165) is 25.2 Å². The average Bonchev–Trinajstić information content (AvgIpc) is 2.96. The van der Waals surface area contributed by atoms with Crippen molar-refractivity contribution in [2.24, 2.45) is 0 Å². The Morgan fingerprint density at radius 2 is 2.04 bits per heavy atom. The smallest absolute Gasteiger partial charge is 0.262 e. The molecule has 0 spiro atoms. The van der Waals surface area contributed by atoms with Crippen molar-refractivity contribution in [1.29, 1.82) is 0 Å². The number of rotatable bonds is 5. The van der Waals surface area contributed by atoms with Crippen LogP contribution in [0.4, 0.5) is 15.8 Å². The zero-order chi connectivity index (χ0) is 16.2. The van der Waals surface area contributed by atoms with Gasteiger partial charge in [0.05, 0.1) is 0 Å². The van der Waals surface area contributed by atoms with E-state index in [9.17, 15) is 9.18 Å². The summed E-state index contributed by atoms with van der Waals surface area (Å²) in [7, 11) is 0. The molecule has 0 aliphatic carbocycles. The first-order chi connectivity index (χ1) is 11.2. The lowest BCUT2D eigenvalue weighted by atomic mass is 10.1. The number of likely N-dealkylation sites (N-methyl/N-ethyl adjacent to an activating group) is 1. The molecule has 1 N–H and O–H groups in total. The fourth-order valence-corrected chi connectivity index (χ4v) is 2.73. The van der Waals surface area contributed by atoms with Gasteiger partial charge in [-0.3, -0.25) is 4.79 Å². The quantitative estimate of drug-likeness (QED) is 0.921. The molecule has 3 rings (SSSR count). The summed E-state index contributed by atoms with van der Waals surface area (Å²) >= 11 is 0. The van der Waals surface area contributed by atoms with Crippen LogP contribution in [-0.2, 0) is 11.2 Å². The molecular weight excluding hydrogens is 295 g/mol. The number of hydrogen-bond acceptors (Lipinski definition) is 3. The highest BCUT2D eigenvalue weighted by molar-refractivity contribution is 5.92. The molecule has 1 aliphatic heterocycles. The van der Waals surface area contributed by atoms with E-state index in [1.165, 1.54) is 35.5 Å². The molecule has 1 heterocycles. The van der Waals surface area contributed by atoms with Crippen molar-refractivity contribution in [2.75, 3.05) is 29.9 Å². The van der Waals surface area contributed by atoms with Crippen LogP contribution < -0.4 is 15.0 Å². The summed E-state index contributed by atoms with van der Waals surface area (Å²) < 4.78 is 18.1. The second-order valence-electron chi connectivity index (χ2n) is 5.46. The molecule has 5 heteroatoms. The minimum Gasteiger partial charge on any atom is -0.484 e. The van der Waals surface area contributed by atoms with Crippen LogP contribution in [0.5, 0.6) is 5.75 Å². The minimum absolute atomic E-state index is 0.111. The summed E-state index contributed by atoms with van der Waals surface area (Å²) in [4.78, 5) is 14.3. The van der Waals surface area contributed by atoms with E-state index in [1.54, 1.807) is 0 Å². The Bertz CT molecular complexity index is 701. The van der Waals surface area contributed by atoms with Crippen LogP contribution in [0.1, 0.15) is 12.5 Å². The van der Waals surface area contributed by atoms with Crippen LogP contribution in [-0.4, -0.2) is 25.6 Å². The largest absolute Gasteiger partial charge is 0.484 e. The Balaban J connectivity index is 1.59. The van der Waals surface area contributed by atoms with Gasteiger partial charge >= 0.3 is 0 Å². The van der Waals surface area contributed by atoms with Gasteiger partial charge in [-0.1, -0.05) is 6.07 Å². The van der Waals surface area contributed by atoms with Gasteiger partial charge in [0.25, 0.3) is 5.91 Å². The van der Waals surface area contributed by atoms with Crippen LogP contribution in [0.2, 0.25) is 0 Å². The van der Waals surface area contributed by atoms with E-state index in [4.69, 9.17) is 4.74 Å². The zero-order valence-electron chi connectivity index (χ0n) is 13.0. The third kappa shape index (κ3) is 3.62. The summed E-state index contributed by atoms with van der Waals surface area (Å²) in [6.45, 7) is 3.99. The number of benzene rings is 2. The van der Waals surface area contributed by atoms with Gasteiger partial charge in [-0.2, -0.15) is 0 Å². The van der Waals surface area contributed by atoms with Crippen molar-refractivity contribution in [2.45, 2.75) is 13.3 Å². The summed E-state index contributed by atoms with van der Waals surface area (Å²) in [6, 6.07) is 11.6. The maximum absolute atomic E-state index is 12.8. The van der Waals surface area contributed by atoms with Crippen LogP contribution >= 0.6 is 0 Å². The summed E-state index contributed by atoms with van der Waals surface area (Å²) in [5.41, 5.74) is 3.26. The van der Waals surface area contributed by atoms with Crippen molar-refractivity contribution in [3.05, 3.63) is 53.8 Å². The van der Waals surface area contributed by atoms with Crippen LogP contribution in [0, 0.1) is 5.82 Å². The van der Waals surface area contributed by atoms with Gasteiger partial charge < -0.3 is 15.0 Å². The molecule has 0 saturated heterocycles. The molecular formula is C18H19FN2O2. The molecule has 0 fully saturated rings. The molecule has 0 radical (unpaired) electrons. The number of carbonyl (C=O) groups excluding carboxylic acids is 1. The SMILES string of the molecule is CCN1CCc2ccc(NC(=O)COc3ccc(F)cc3)cc21.